The van der Waals surface area contributed by atoms with E-state index < -0.39 is 17.9 Å². The van der Waals surface area contributed by atoms with E-state index in [9.17, 15) is 9.59 Å². The Hall–Kier alpha value is -1.14. The molecular weight excluding hydrogens is 200 g/mol. The summed E-state index contributed by atoms with van der Waals surface area (Å²) in [6.45, 7) is 4.28. The van der Waals surface area contributed by atoms with E-state index in [0.29, 0.717) is 12.5 Å². The molecule has 88 valence electrons. The second-order valence-corrected chi connectivity index (χ2v) is 3.71. The van der Waals surface area contributed by atoms with E-state index >= 15 is 0 Å². The van der Waals surface area contributed by atoms with Crippen LogP contribution in [0.2, 0.25) is 0 Å². The number of carboxylic acids is 1. The summed E-state index contributed by atoms with van der Waals surface area (Å²) in [6.07, 6.45) is -0.0228. The van der Waals surface area contributed by atoms with Gasteiger partial charge < -0.3 is 10.8 Å². The van der Waals surface area contributed by atoms with Gasteiger partial charge in [-0.05, 0) is 12.3 Å². The highest BCUT2D eigenvalue weighted by atomic mass is 16.7. The molecule has 0 bridgehead atoms. The van der Waals surface area contributed by atoms with Crippen molar-refractivity contribution in [3.05, 3.63) is 0 Å². The van der Waals surface area contributed by atoms with Crippen molar-refractivity contribution in [3.8, 4) is 0 Å². The zero-order valence-electron chi connectivity index (χ0n) is 9.03. The summed E-state index contributed by atoms with van der Waals surface area (Å²) >= 11 is 0. The lowest BCUT2D eigenvalue weighted by atomic mass is 10.1. The summed E-state index contributed by atoms with van der Waals surface area (Å²) in [4.78, 5) is 26.3. The Morgan fingerprint density at radius 2 is 2.07 bits per heavy atom. The number of carbonyl (C=O) groups excluding carboxylic acids is 1. The highest BCUT2D eigenvalue weighted by Gasteiger charge is 2.14. The Kier molecular flexibility index (Phi) is 6.64. The average molecular weight is 218 g/mol. The van der Waals surface area contributed by atoms with Crippen molar-refractivity contribution in [1.29, 1.82) is 0 Å². The number of carbonyl (C=O) groups is 2. The number of hydrogen-bond donors (Lipinski definition) is 3. The Labute approximate surface area is 88.7 Å². The normalized spacial score (nSPS) is 12.5. The van der Waals surface area contributed by atoms with Gasteiger partial charge >= 0.3 is 5.97 Å². The maximum Gasteiger partial charge on any atom is 0.303 e. The lowest BCUT2D eigenvalue weighted by Gasteiger charge is -2.11. The zero-order valence-corrected chi connectivity index (χ0v) is 9.03. The van der Waals surface area contributed by atoms with Gasteiger partial charge in [-0.3, -0.25) is 14.4 Å². The fourth-order valence-corrected chi connectivity index (χ4v) is 0.765. The van der Waals surface area contributed by atoms with Crippen LogP contribution in [0.15, 0.2) is 0 Å². The second kappa shape index (κ2) is 7.19. The summed E-state index contributed by atoms with van der Waals surface area (Å²) in [6, 6.07) is -0.840. The van der Waals surface area contributed by atoms with Crippen molar-refractivity contribution >= 4 is 11.9 Å². The molecular formula is C9H18N2O4. The van der Waals surface area contributed by atoms with Crippen LogP contribution < -0.4 is 11.2 Å². The van der Waals surface area contributed by atoms with Gasteiger partial charge in [0.15, 0.2) is 0 Å². The summed E-state index contributed by atoms with van der Waals surface area (Å²) in [5.41, 5.74) is 7.61. The lowest BCUT2D eigenvalue weighted by Crippen LogP contribution is -2.41. The largest absolute Gasteiger partial charge is 0.481 e. The van der Waals surface area contributed by atoms with Crippen molar-refractivity contribution in [2.24, 2.45) is 11.7 Å². The summed E-state index contributed by atoms with van der Waals surface area (Å²) in [5.74, 6) is -1.15. The molecule has 0 aliphatic rings. The molecule has 6 heteroatoms. The number of nitrogens with two attached hydrogens (primary N) is 1. The fourth-order valence-electron chi connectivity index (χ4n) is 0.765. The summed E-state index contributed by atoms with van der Waals surface area (Å²) < 4.78 is 0. The van der Waals surface area contributed by atoms with Crippen LogP contribution in [-0.2, 0) is 14.4 Å². The Morgan fingerprint density at radius 3 is 2.53 bits per heavy atom. The first kappa shape index (κ1) is 13.9. The van der Waals surface area contributed by atoms with E-state index in [-0.39, 0.29) is 12.8 Å². The number of nitrogens with one attached hydrogen (secondary N) is 1. The fraction of sp³-hybridized carbons (Fsp3) is 0.778. The number of amides is 1. The van der Waals surface area contributed by atoms with Crippen LogP contribution in [0.1, 0.15) is 26.7 Å². The van der Waals surface area contributed by atoms with Gasteiger partial charge in [-0.15, -0.1) is 0 Å². The van der Waals surface area contributed by atoms with Gasteiger partial charge in [-0.25, -0.2) is 5.48 Å². The van der Waals surface area contributed by atoms with Gasteiger partial charge in [0.1, 0.15) is 0 Å². The maximum absolute atomic E-state index is 11.2. The van der Waals surface area contributed by atoms with Crippen molar-refractivity contribution in [3.63, 3.8) is 0 Å². The molecule has 0 spiro atoms. The predicted octanol–water partition coefficient (Wildman–Crippen LogP) is -0.118. The molecule has 0 rings (SSSR count). The number of aliphatic carboxylic acids is 1. The molecule has 4 N–H and O–H groups in total. The minimum Gasteiger partial charge on any atom is -0.481 e. The maximum atomic E-state index is 11.2. The molecule has 0 saturated heterocycles. The molecule has 0 saturated carbocycles. The summed E-state index contributed by atoms with van der Waals surface area (Å²) in [7, 11) is 0. The van der Waals surface area contributed by atoms with Crippen molar-refractivity contribution < 1.29 is 19.5 Å². The molecule has 0 aromatic rings. The quantitative estimate of drug-likeness (QED) is 0.517. The SMILES string of the molecule is CC(C)CONC(=O)C(N)CCC(=O)O. The van der Waals surface area contributed by atoms with Crippen LogP contribution >= 0.6 is 0 Å². The highest BCUT2D eigenvalue weighted by Crippen LogP contribution is 1.95. The third-order valence-corrected chi connectivity index (χ3v) is 1.60. The van der Waals surface area contributed by atoms with E-state index in [1.807, 2.05) is 13.8 Å². The number of rotatable bonds is 7. The van der Waals surface area contributed by atoms with Gasteiger partial charge in [0.2, 0.25) is 0 Å². The van der Waals surface area contributed by atoms with E-state index in [2.05, 4.69) is 5.48 Å². The lowest BCUT2D eigenvalue weighted by molar-refractivity contribution is -0.138. The molecule has 0 aliphatic heterocycles. The first-order valence-corrected chi connectivity index (χ1v) is 4.82. The number of hydroxylamine groups is 1. The van der Waals surface area contributed by atoms with Crippen LogP contribution in [0.25, 0.3) is 0 Å². The van der Waals surface area contributed by atoms with Crippen molar-refractivity contribution in [2.75, 3.05) is 6.61 Å². The van der Waals surface area contributed by atoms with Crippen LogP contribution in [-0.4, -0.2) is 29.6 Å². The standard InChI is InChI=1S/C9H18N2O4/c1-6(2)5-15-11-9(14)7(10)3-4-8(12)13/h6-7H,3-5,10H2,1-2H3,(H,11,14)(H,12,13). The molecule has 0 aliphatic carbocycles. The molecule has 0 radical (unpaired) electrons. The minimum absolute atomic E-state index is 0.103. The minimum atomic E-state index is -0.971. The van der Waals surface area contributed by atoms with Crippen molar-refractivity contribution in [1.82, 2.24) is 5.48 Å². The van der Waals surface area contributed by atoms with Gasteiger partial charge in [0.25, 0.3) is 5.91 Å². The monoisotopic (exact) mass is 218 g/mol. The van der Waals surface area contributed by atoms with Gasteiger partial charge in [0.05, 0.1) is 12.6 Å². The van der Waals surface area contributed by atoms with Crippen LogP contribution in [0, 0.1) is 5.92 Å². The highest BCUT2D eigenvalue weighted by molar-refractivity contribution is 5.81. The van der Waals surface area contributed by atoms with Gasteiger partial charge in [-0.1, -0.05) is 13.8 Å². The third-order valence-electron chi connectivity index (χ3n) is 1.60. The molecule has 0 aromatic heterocycles. The van der Waals surface area contributed by atoms with E-state index in [1.165, 1.54) is 0 Å². The Balaban J connectivity index is 3.64. The van der Waals surface area contributed by atoms with Gasteiger partial charge in [-0.2, -0.15) is 0 Å². The Bertz CT molecular complexity index is 218. The second-order valence-electron chi connectivity index (χ2n) is 3.71. The topological polar surface area (TPSA) is 102 Å². The average Bonchev–Trinajstić information content (AvgIpc) is 2.13. The number of hydrogen-bond acceptors (Lipinski definition) is 4. The van der Waals surface area contributed by atoms with E-state index in [1.54, 1.807) is 0 Å². The molecule has 1 unspecified atom stereocenters. The third kappa shape index (κ3) is 7.90. The Morgan fingerprint density at radius 1 is 1.47 bits per heavy atom. The van der Waals surface area contributed by atoms with Crippen molar-refractivity contribution in [2.45, 2.75) is 32.7 Å². The van der Waals surface area contributed by atoms with Crippen LogP contribution in [0.5, 0.6) is 0 Å². The molecule has 0 fully saturated rings. The first-order chi connectivity index (χ1) is 6.93. The first-order valence-electron chi connectivity index (χ1n) is 4.82. The molecule has 0 aromatic carbocycles. The molecule has 1 atom stereocenters. The predicted molar refractivity (Wildman–Crippen MR) is 53.8 cm³/mol. The van der Waals surface area contributed by atoms with Crippen LogP contribution in [0.4, 0.5) is 0 Å². The molecule has 6 nitrogen and oxygen atoms in total. The molecule has 0 heterocycles. The zero-order chi connectivity index (χ0) is 11.8. The summed E-state index contributed by atoms with van der Waals surface area (Å²) in [5, 5.41) is 8.37. The van der Waals surface area contributed by atoms with Gasteiger partial charge in [0, 0.05) is 6.42 Å². The van der Waals surface area contributed by atoms with E-state index in [4.69, 9.17) is 15.7 Å². The van der Waals surface area contributed by atoms with E-state index in [0.717, 1.165) is 0 Å². The number of carboxylic acid groups (broad SMARTS) is 1. The molecule has 15 heavy (non-hydrogen) atoms. The van der Waals surface area contributed by atoms with Crippen LogP contribution in [0.3, 0.4) is 0 Å². The smallest absolute Gasteiger partial charge is 0.303 e. The molecule has 1 amide bonds.